The topological polar surface area (TPSA) is 46.3 Å². The second-order valence-corrected chi connectivity index (χ2v) is 4.81. The number of aromatic nitrogens is 1. The molecule has 1 aliphatic rings. The van der Waals surface area contributed by atoms with Crippen molar-refractivity contribution >= 4 is 16.9 Å². The maximum Gasteiger partial charge on any atom is 0.219 e. The van der Waals surface area contributed by atoms with Crippen molar-refractivity contribution in [1.29, 1.82) is 0 Å². The molecule has 0 aliphatic carbocycles. The molecule has 0 saturated carbocycles. The molecular formula is C14H16N2O2. The lowest BCUT2D eigenvalue weighted by Crippen LogP contribution is -2.36. The van der Waals surface area contributed by atoms with Gasteiger partial charge in [0.15, 0.2) is 0 Å². The van der Waals surface area contributed by atoms with Crippen molar-refractivity contribution in [1.82, 2.24) is 9.88 Å². The first kappa shape index (κ1) is 11.3. The van der Waals surface area contributed by atoms with Crippen LogP contribution in [0, 0.1) is 0 Å². The summed E-state index contributed by atoms with van der Waals surface area (Å²) in [5.41, 5.74) is 2.01. The number of nitrogens with zero attached hydrogens (tertiary/aromatic N) is 2. The van der Waals surface area contributed by atoms with Crippen molar-refractivity contribution in [2.75, 3.05) is 13.1 Å². The number of fused-ring (bicyclic) bond motifs is 1. The number of hydrogen-bond donors (Lipinski definition) is 0. The van der Waals surface area contributed by atoms with Crippen LogP contribution >= 0.6 is 0 Å². The number of carbonyl (C=O) groups excluding carboxylic acids is 1. The zero-order chi connectivity index (χ0) is 12.5. The minimum Gasteiger partial charge on any atom is -0.464 e. The highest BCUT2D eigenvalue weighted by molar-refractivity contribution is 5.79. The van der Waals surface area contributed by atoms with Crippen molar-refractivity contribution in [3.63, 3.8) is 0 Å². The van der Waals surface area contributed by atoms with Crippen molar-refractivity contribution in [3.8, 4) is 0 Å². The number of furan rings is 1. The Morgan fingerprint density at radius 3 is 2.89 bits per heavy atom. The van der Waals surface area contributed by atoms with Crippen LogP contribution in [0.2, 0.25) is 0 Å². The van der Waals surface area contributed by atoms with Crippen LogP contribution in [0.3, 0.4) is 0 Å². The highest BCUT2D eigenvalue weighted by atomic mass is 16.3. The van der Waals surface area contributed by atoms with Crippen LogP contribution in [-0.4, -0.2) is 28.9 Å². The number of piperidine rings is 1. The lowest BCUT2D eigenvalue weighted by Gasteiger charge is -2.31. The summed E-state index contributed by atoms with van der Waals surface area (Å²) in [6, 6.07) is 3.87. The van der Waals surface area contributed by atoms with Crippen LogP contribution < -0.4 is 0 Å². The first-order valence-electron chi connectivity index (χ1n) is 6.33. The molecule has 0 N–H and O–H groups in total. The van der Waals surface area contributed by atoms with Crippen LogP contribution in [0.15, 0.2) is 29.0 Å². The summed E-state index contributed by atoms with van der Waals surface area (Å²) in [6.45, 7) is 3.29. The van der Waals surface area contributed by atoms with Gasteiger partial charge in [-0.3, -0.25) is 9.78 Å². The fraction of sp³-hybridized carbons (Fsp3) is 0.429. The Morgan fingerprint density at radius 1 is 1.39 bits per heavy atom. The standard InChI is InChI=1S/C14H16N2O2/c1-10(17)16-7-3-11(4-8-16)14-12-5-9-18-13(12)2-6-15-14/h2,5-6,9,11H,3-4,7-8H2,1H3. The van der Waals surface area contributed by atoms with Gasteiger partial charge >= 0.3 is 0 Å². The van der Waals surface area contributed by atoms with E-state index in [-0.39, 0.29) is 5.91 Å². The first-order chi connectivity index (χ1) is 8.75. The molecule has 4 heteroatoms. The SMILES string of the molecule is CC(=O)N1CCC(c2nccc3occc23)CC1. The maximum atomic E-state index is 11.3. The molecule has 94 valence electrons. The van der Waals surface area contributed by atoms with Gasteiger partial charge in [0.25, 0.3) is 0 Å². The fourth-order valence-electron chi connectivity index (χ4n) is 2.71. The molecule has 0 radical (unpaired) electrons. The highest BCUT2D eigenvalue weighted by Gasteiger charge is 2.24. The van der Waals surface area contributed by atoms with E-state index in [0.29, 0.717) is 5.92 Å². The average molecular weight is 244 g/mol. The lowest BCUT2D eigenvalue weighted by molar-refractivity contribution is -0.129. The normalized spacial score (nSPS) is 17.3. The molecule has 3 rings (SSSR count). The molecule has 18 heavy (non-hydrogen) atoms. The van der Waals surface area contributed by atoms with Crippen LogP contribution in [0.5, 0.6) is 0 Å². The molecule has 0 bridgehead atoms. The zero-order valence-corrected chi connectivity index (χ0v) is 10.4. The maximum absolute atomic E-state index is 11.3. The number of rotatable bonds is 1. The number of carbonyl (C=O) groups is 1. The summed E-state index contributed by atoms with van der Waals surface area (Å²) in [5, 5.41) is 1.11. The Balaban J connectivity index is 1.84. The van der Waals surface area contributed by atoms with Crippen LogP contribution in [0.1, 0.15) is 31.4 Å². The molecule has 4 nitrogen and oxygen atoms in total. The van der Waals surface area contributed by atoms with E-state index in [0.717, 1.165) is 42.6 Å². The van der Waals surface area contributed by atoms with E-state index in [4.69, 9.17) is 4.42 Å². The van der Waals surface area contributed by atoms with Crippen molar-refractivity contribution in [3.05, 3.63) is 30.3 Å². The number of likely N-dealkylation sites (tertiary alicyclic amines) is 1. The molecule has 2 aromatic heterocycles. The van der Waals surface area contributed by atoms with Crippen molar-refractivity contribution in [2.45, 2.75) is 25.7 Å². The van der Waals surface area contributed by atoms with Gasteiger partial charge in [-0.15, -0.1) is 0 Å². The fourth-order valence-corrected chi connectivity index (χ4v) is 2.71. The Hall–Kier alpha value is -1.84. The molecule has 1 amide bonds. The highest BCUT2D eigenvalue weighted by Crippen LogP contribution is 2.31. The summed E-state index contributed by atoms with van der Waals surface area (Å²) in [7, 11) is 0. The summed E-state index contributed by atoms with van der Waals surface area (Å²) in [6.07, 6.45) is 5.48. The van der Waals surface area contributed by atoms with Crippen LogP contribution in [0.4, 0.5) is 0 Å². The summed E-state index contributed by atoms with van der Waals surface area (Å²) < 4.78 is 5.40. The molecule has 0 unspecified atom stereocenters. The number of pyridine rings is 1. The third kappa shape index (κ3) is 1.88. The first-order valence-corrected chi connectivity index (χ1v) is 6.33. The average Bonchev–Trinajstić information content (AvgIpc) is 2.87. The molecule has 2 aromatic rings. The molecule has 0 aromatic carbocycles. The second kappa shape index (κ2) is 4.44. The van der Waals surface area contributed by atoms with E-state index < -0.39 is 0 Å². The van der Waals surface area contributed by atoms with Gasteiger partial charge in [0, 0.05) is 37.5 Å². The molecular weight excluding hydrogens is 228 g/mol. The molecule has 1 fully saturated rings. The number of amides is 1. The third-order valence-electron chi connectivity index (χ3n) is 3.74. The van der Waals surface area contributed by atoms with E-state index in [1.54, 1.807) is 19.4 Å². The minimum atomic E-state index is 0.169. The van der Waals surface area contributed by atoms with Crippen molar-refractivity contribution in [2.24, 2.45) is 0 Å². The van der Waals surface area contributed by atoms with E-state index in [9.17, 15) is 4.79 Å². The summed E-state index contributed by atoms with van der Waals surface area (Å²) in [4.78, 5) is 17.7. The van der Waals surface area contributed by atoms with Crippen LogP contribution in [0.25, 0.3) is 11.0 Å². The lowest BCUT2D eigenvalue weighted by atomic mass is 9.91. The van der Waals surface area contributed by atoms with Gasteiger partial charge in [-0.1, -0.05) is 0 Å². The van der Waals surface area contributed by atoms with E-state index in [1.807, 2.05) is 17.0 Å². The minimum absolute atomic E-state index is 0.169. The molecule has 3 heterocycles. The van der Waals surface area contributed by atoms with E-state index in [1.165, 1.54) is 0 Å². The second-order valence-electron chi connectivity index (χ2n) is 4.81. The van der Waals surface area contributed by atoms with E-state index in [2.05, 4.69) is 4.98 Å². The van der Waals surface area contributed by atoms with Crippen molar-refractivity contribution < 1.29 is 9.21 Å². The smallest absolute Gasteiger partial charge is 0.219 e. The third-order valence-corrected chi connectivity index (χ3v) is 3.74. The Labute approximate surface area is 106 Å². The van der Waals surface area contributed by atoms with Gasteiger partial charge in [0.05, 0.1) is 12.0 Å². The quantitative estimate of drug-likeness (QED) is 0.774. The van der Waals surface area contributed by atoms with E-state index >= 15 is 0 Å². The molecule has 0 atom stereocenters. The Kier molecular flexibility index (Phi) is 2.78. The predicted octanol–water partition coefficient (Wildman–Crippen LogP) is 2.55. The predicted molar refractivity (Wildman–Crippen MR) is 68.2 cm³/mol. The van der Waals surface area contributed by atoms with Gasteiger partial charge in [-0.05, 0) is 25.0 Å². The molecule has 1 aliphatic heterocycles. The Morgan fingerprint density at radius 2 is 2.17 bits per heavy atom. The summed E-state index contributed by atoms with van der Waals surface area (Å²) >= 11 is 0. The monoisotopic (exact) mass is 244 g/mol. The zero-order valence-electron chi connectivity index (χ0n) is 10.4. The molecule has 1 saturated heterocycles. The number of hydrogen-bond acceptors (Lipinski definition) is 3. The van der Waals surface area contributed by atoms with Gasteiger partial charge in [0.2, 0.25) is 5.91 Å². The Bertz CT molecular complexity index is 568. The summed E-state index contributed by atoms with van der Waals surface area (Å²) in [5.74, 6) is 0.602. The largest absolute Gasteiger partial charge is 0.464 e. The van der Waals surface area contributed by atoms with Crippen LogP contribution in [-0.2, 0) is 4.79 Å². The van der Waals surface area contributed by atoms with Gasteiger partial charge in [-0.25, -0.2) is 0 Å². The van der Waals surface area contributed by atoms with Gasteiger partial charge in [0.1, 0.15) is 5.58 Å². The van der Waals surface area contributed by atoms with Gasteiger partial charge in [-0.2, -0.15) is 0 Å². The molecule has 0 spiro atoms. The van der Waals surface area contributed by atoms with Gasteiger partial charge < -0.3 is 9.32 Å².